The monoisotopic (exact) mass is 473 g/mol. The first kappa shape index (κ1) is 24.4. The van der Waals surface area contributed by atoms with Gasteiger partial charge in [0.15, 0.2) is 0 Å². The molecule has 176 valence electrons. The fourth-order valence-electron chi connectivity index (χ4n) is 3.96. The number of aryl methyl sites for hydroxylation is 1. The molecule has 0 aliphatic heterocycles. The first-order valence-corrected chi connectivity index (χ1v) is 12.3. The molecule has 1 fully saturated rings. The van der Waals surface area contributed by atoms with Crippen molar-refractivity contribution in [2.45, 2.75) is 63.1 Å². The van der Waals surface area contributed by atoms with Gasteiger partial charge < -0.3 is 5.32 Å². The lowest BCUT2D eigenvalue weighted by atomic mass is 9.96. The van der Waals surface area contributed by atoms with Crippen molar-refractivity contribution in [2.24, 2.45) is 0 Å². The highest BCUT2D eigenvalue weighted by Gasteiger charge is 2.29. The lowest BCUT2D eigenvalue weighted by molar-refractivity contribution is -0.116. The van der Waals surface area contributed by atoms with Crippen LogP contribution in [0.5, 0.6) is 0 Å². The van der Waals surface area contributed by atoms with E-state index in [0.29, 0.717) is 10.3 Å². The first-order chi connectivity index (χ1) is 15.7. The van der Waals surface area contributed by atoms with Crippen LogP contribution in [0.2, 0.25) is 0 Å². The van der Waals surface area contributed by atoms with Crippen LogP contribution >= 0.6 is 0 Å². The minimum Gasteiger partial charge on any atom is -0.325 e. The summed E-state index contributed by atoms with van der Waals surface area (Å²) in [6, 6.07) is 7.45. The lowest BCUT2D eigenvalue weighted by Crippen LogP contribution is -2.43. The molecule has 33 heavy (non-hydrogen) atoms. The van der Waals surface area contributed by atoms with Gasteiger partial charge >= 0.3 is 5.69 Å². The second kappa shape index (κ2) is 10.1. The van der Waals surface area contributed by atoms with Gasteiger partial charge in [0.05, 0.1) is 4.90 Å². The highest BCUT2D eigenvalue weighted by atomic mass is 32.2. The highest BCUT2D eigenvalue weighted by molar-refractivity contribution is 7.89. The maximum Gasteiger partial charge on any atom is 0.331 e. The molecule has 0 radical (unpaired) electrons. The molecule has 10 nitrogen and oxygen atoms in total. The molecule has 1 N–H and O–H groups in total. The van der Waals surface area contributed by atoms with Gasteiger partial charge in [-0.25, -0.2) is 17.8 Å². The van der Waals surface area contributed by atoms with E-state index in [1.165, 1.54) is 39.3 Å². The van der Waals surface area contributed by atoms with Crippen molar-refractivity contribution in [3.8, 4) is 6.07 Å². The smallest absolute Gasteiger partial charge is 0.325 e. The maximum absolute atomic E-state index is 12.9. The molecule has 2 aromatic rings. The summed E-state index contributed by atoms with van der Waals surface area (Å²) in [4.78, 5) is 37.3. The third kappa shape index (κ3) is 5.23. The second-order valence-corrected chi connectivity index (χ2v) is 10.00. The van der Waals surface area contributed by atoms with E-state index in [4.69, 9.17) is 5.26 Å². The molecule has 0 saturated heterocycles. The summed E-state index contributed by atoms with van der Waals surface area (Å²) in [5, 5.41) is 11.7. The van der Waals surface area contributed by atoms with Crippen molar-refractivity contribution in [2.75, 3.05) is 12.4 Å². The Balaban J connectivity index is 1.74. The summed E-state index contributed by atoms with van der Waals surface area (Å²) in [6.45, 7) is 1.34. The third-order valence-corrected chi connectivity index (χ3v) is 7.83. The number of carbonyl (C=O) groups excluding carboxylic acids is 1. The van der Waals surface area contributed by atoms with Gasteiger partial charge in [0.2, 0.25) is 15.9 Å². The molecule has 11 heteroatoms. The number of hydrogen-bond acceptors (Lipinski definition) is 6. The van der Waals surface area contributed by atoms with E-state index in [0.717, 1.165) is 32.1 Å². The molecule has 0 atom stereocenters. The van der Waals surface area contributed by atoms with Crippen LogP contribution in [-0.4, -0.2) is 40.9 Å². The molecule has 1 saturated carbocycles. The Kier molecular flexibility index (Phi) is 7.50. The summed E-state index contributed by atoms with van der Waals surface area (Å²) in [7, 11) is -2.06. The SMILES string of the molecule is CCn1cc(C#N)c(=O)n(CC(=O)Nc2ccc(S(=O)(=O)N(C)C3CCCCC3)cc2)c1=O. The second-order valence-electron chi connectivity index (χ2n) is 8.00. The van der Waals surface area contributed by atoms with Gasteiger partial charge in [-0.3, -0.25) is 14.2 Å². The molecule has 0 bridgehead atoms. The summed E-state index contributed by atoms with van der Waals surface area (Å²) >= 11 is 0. The van der Waals surface area contributed by atoms with Crippen LogP contribution in [-0.2, 0) is 27.9 Å². The van der Waals surface area contributed by atoms with E-state index in [-0.39, 0.29) is 23.0 Å². The average molecular weight is 474 g/mol. The zero-order valence-electron chi connectivity index (χ0n) is 18.7. The number of sulfonamides is 1. The molecular weight excluding hydrogens is 446 g/mol. The van der Waals surface area contributed by atoms with E-state index < -0.39 is 33.7 Å². The molecule has 1 aromatic carbocycles. The van der Waals surface area contributed by atoms with Crippen molar-refractivity contribution in [3.63, 3.8) is 0 Å². The number of aromatic nitrogens is 2. The van der Waals surface area contributed by atoms with E-state index in [9.17, 15) is 22.8 Å². The fraction of sp³-hybridized carbons (Fsp3) is 0.455. The Hall–Kier alpha value is -3.23. The maximum atomic E-state index is 12.9. The Morgan fingerprint density at radius 1 is 1.18 bits per heavy atom. The predicted octanol–water partition coefficient (Wildman–Crippen LogP) is 1.49. The molecule has 0 unspecified atom stereocenters. The van der Waals surface area contributed by atoms with Gasteiger partial charge in [-0.1, -0.05) is 19.3 Å². The number of carbonyl (C=O) groups is 1. The fourth-order valence-corrected chi connectivity index (χ4v) is 5.37. The number of hydrogen-bond donors (Lipinski definition) is 1. The average Bonchev–Trinajstić information content (AvgIpc) is 2.82. The molecule has 1 amide bonds. The van der Waals surface area contributed by atoms with Gasteiger partial charge in [-0.15, -0.1) is 0 Å². The zero-order valence-corrected chi connectivity index (χ0v) is 19.5. The van der Waals surface area contributed by atoms with Crippen molar-refractivity contribution >= 4 is 21.6 Å². The van der Waals surface area contributed by atoms with E-state index in [2.05, 4.69) is 5.32 Å². The van der Waals surface area contributed by atoms with Crippen LogP contribution in [0.4, 0.5) is 5.69 Å². The standard InChI is InChI=1S/C22H27N5O5S/c1-3-26-14-16(13-23)21(29)27(22(26)30)15-20(28)24-17-9-11-19(12-10-17)33(31,32)25(2)18-7-5-4-6-8-18/h9-12,14,18H,3-8,15H2,1-2H3,(H,24,28). The number of nitriles is 1. The molecule has 0 spiro atoms. The number of anilines is 1. The first-order valence-electron chi connectivity index (χ1n) is 10.8. The van der Waals surface area contributed by atoms with E-state index >= 15 is 0 Å². The van der Waals surface area contributed by atoms with Gasteiger partial charge in [0, 0.05) is 31.5 Å². The van der Waals surface area contributed by atoms with Gasteiger partial charge in [0.1, 0.15) is 18.2 Å². The van der Waals surface area contributed by atoms with Crippen LogP contribution in [0.25, 0.3) is 0 Å². The normalized spacial score (nSPS) is 14.7. The van der Waals surface area contributed by atoms with Gasteiger partial charge in [0.25, 0.3) is 5.56 Å². The number of rotatable bonds is 7. The summed E-state index contributed by atoms with van der Waals surface area (Å²) in [6.07, 6.45) is 6.00. The minimum atomic E-state index is -3.66. The summed E-state index contributed by atoms with van der Waals surface area (Å²) in [5.41, 5.74) is -1.45. The molecule has 3 rings (SSSR count). The van der Waals surface area contributed by atoms with Crippen molar-refractivity contribution < 1.29 is 13.2 Å². The summed E-state index contributed by atoms with van der Waals surface area (Å²) < 4.78 is 29.2. The summed E-state index contributed by atoms with van der Waals surface area (Å²) in [5.74, 6) is -0.651. The molecule has 1 aliphatic carbocycles. The Labute approximate surface area is 192 Å². The Morgan fingerprint density at radius 3 is 2.39 bits per heavy atom. The minimum absolute atomic E-state index is 0.0159. The largest absolute Gasteiger partial charge is 0.331 e. The molecule has 1 heterocycles. The van der Waals surface area contributed by atoms with Crippen molar-refractivity contribution in [3.05, 3.63) is 56.9 Å². The number of benzene rings is 1. The van der Waals surface area contributed by atoms with Crippen LogP contribution in [0, 0.1) is 11.3 Å². The highest BCUT2D eigenvalue weighted by Crippen LogP contribution is 2.27. The van der Waals surface area contributed by atoms with Crippen molar-refractivity contribution in [1.29, 1.82) is 5.26 Å². The Morgan fingerprint density at radius 2 is 1.82 bits per heavy atom. The molecule has 1 aromatic heterocycles. The number of nitrogens with one attached hydrogen (secondary N) is 1. The topological polar surface area (TPSA) is 134 Å². The van der Waals surface area contributed by atoms with E-state index in [1.807, 2.05) is 0 Å². The lowest BCUT2D eigenvalue weighted by Gasteiger charge is -2.30. The quantitative estimate of drug-likeness (QED) is 0.647. The van der Waals surface area contributed by atoms with Crippen LogP contribution in [0.15, 0.2) is 44.9 Å². The molecular formula is C22H27N5O5S. The molecule has 1 aliphatic rings. The van der Waals surface area contributed by atoms with Gasteiger partial charge in [-0.2, -0.15) is 9.57 Å². The third-order valence-electron chi connectivity index (χ3n) is 5.90. The van der Waals surface area contributed by atoms with Crippen molar-refractivity contribution in [1.82, 2.24) is 13.4 Å². The Bertz CT molecular complexity index is 1280. The van der Waals surface area contributed by atoms with Crippen LogP contribution in [0.3, 0.4) is 0 Å². The zero-order chi connectivity index (χ0) is 24.2. The number of amides is 1. The van der Waals surface area contributed by atoms with Crippen LogP contribution < -0.4 is 16.6 Å². The predicted molar refractivity (Wildman–Crippen MR) is 122 cm³/mol. The number of nitrogens with zero attached hydrogens (tertiary/aromatic N) is 4. The van der Waals surface area contributed by atoms with Gasteiger partial charge in [-0.05, 0) is 44.0 Å². The van der Waals surface area contributed by atoms with E-state index in [1.54, 1.807) is 20.0 Å². The van der Waals surface area contributed by atoms with Crippen LogP contribution in [0.1, 0.15) is 44.6 Å².